The summed E-state index contributed by atoms with van der Waals surface area (Å²) in [6.07, 6.45) is 6.05. The molecule has 0 radical (unpaired) electrons. The summed E-state index contributed by atoms with van der Waals surface area (Å²) in [6.45, 7) is 0. The van der Waals surface area contributed by atoms with Crippen molar-refractivity contribution in [1.29, 1.82) is 0 Å². The van der Waals surface area contributed by atoms with Gasteiger partial charge in [-0.2, -0.15) is 0 Å². The summed E-state index contributed by atoms with van der Waals surface area (Å²) in [6, 6.07) is 3.53. The van der Waals surface area contributed by atoms with E-state index in [0.29, 0.717) is 11.5 Å². The van der Waals surface area contributed by atoms with Gasteiger partial charge in [-0.05, 0) is 0 Å². The van der Waals surface area contributed by atoms with E-state index in [1.165, 1.54) is 12.5 Å². The zero-order chi connectivity index (χ0) is 11.1. The van der Waals surface area contributed by atoms with Gasteiger partial charge in [-0.1, -0.05) is 0 Å². The SMILES string of the molecule is CS(=O)n1cnc2cc3c(cc21)OC=CO3. The van der Waals surface area contributed by atoms with Crippen LogP contribution in [-0.4, -0.2) is 19.4 Å². The summed E-state index contributed by atoms with van der Waals surface area (Å²) in [7, 11) is -1.13. The summed E-state index contributed by atoms with van der Waals surface area (Å²) < 4.78 is 23.6. The largest absolute Gasteiger partial charge is 0.458 e. The normalized spacial score (nSPS) is 15.3. The lowest BCUT2D eigenvalue weighted by atomic mass is 10.2. The zero-order valence-electron chi connectivity index (χ0n) is 8.41. The van der Waals surface area contributed by atoms with E-state index in [9.17, 15) is 4.21 Å². The second-order valence-corrected chi connectivity index (χ2v) is 4.53. The molecule has 6 heteroatoms. The quantitative estimate of drug-likeness (QED) is 0.751. The third-order valence-corrected chi connectivity index (χ3v) is 3.15. The lowest BCUT2D eigenvalue weighted by molar-refractivity contribution is 0.362. The van der Waals surface area contributed by atoms with Crippen LogP contribution in [0.25, 0.3) is 11.0 Å². The summed E-state index contributed by atoms with van der Waals surface area (Å²) in [4.78, 5) is 4.16. The third-order valence-electron chi connectivity index (χ3n) is 2.30. The standard InChI is InChI=1S/C10H8N2O3S/c1-16(13)12-6-11-7-4-9-10(5-8(7)12)15-3-2-14-9/h2-6H,1H3. The first-order valence-corrected chi connectivity index (χ1v) is 6.10. The van der Waals surface area contributed by atoms with Crippen molar-refractivity contribution in [2.75, 3.05) is 6.26 Å². The Labute approximate surface area is 93.9 Å². The maximum absolute atomic E-state index is 11.4. The Morgan fingerprint density at radius 3 is 2.62 bits per heavy atom. The molecule has 0 aliphatic carbocycles. The Balaban J connectivity index is 2.27. The highest BCUT2D eigenvalue weighted by molar-refractivity contribution is 7.82. The van der Waals surface area contributed by atoms with Crippen molar-refractivity contribution in [2.24, 2.45) is 0 Å². The number of rotatable bonds is 1. The van der Waals surface area contributed by atoms with Crippen molar-refractivity contribution in [1.82, 2.24) is 8.96 Å². The molecule has 0 amide bonds. The first-order chi connectivity index (χ1) is 7.75. The average Bonchev–Trinajstić information content (AvgIpc) is 2.68. The van der Waals surface area contributed by atoms with Crippen molar-refractivity contribution < 1.29 is 13.7 Å². The fourth-order valence-electron chi connectivity index (χ4n) is 1.59. The Kier molecular flexibility index (Phi) is 1.97. The van der Waals surface area contributed by atoms with Gasteiger partial charge in [0, 0.05) is 18.4 Å². The lowest BCUT2D eigenvalue weighted by Gasteiger charge is -2.12. The lowest BCUT2D eigenvalue weighted by Crippen LogP contribution is -2.00. The molecule has 1 aromatic carbocycles. The smallest absolute Gasteiger partial charge is 0.171 e. The molecule has 16 heavy (non-hydrogen) atoms. The number of hydrogen-bond acceptors (Lipinski definition) is 4. The maximum Gasteiger partial charge on any atom is 0.171 e. The molecule has 1 aromatic heterocycles. The predicted molar refractivity (Wildman–Crippen MR) is 59.6 cm³/mol. The molecule has 0 saturated heterocycles. The van der Waals surface area contributed by atoms with Crippen LogP contribution >= 0.6 is 0 Å². The molecule has 5 nitrogen and oxygen atoms in total. The molecule has 3 rings (SSSR count). The molecule has 0 fully saturated rings. The molecule has 1 unspecified atom stereocenters. The summed E-state index contributed by atoms with van der Waals surface area (Å²) in [5, 5.41) is 0. The summed E-state index contributed by atoms with van der Waals surface area (Å²) >= 11 is 0. The molecular weight excluding hydrogens is 228 g/mol. The van der Waals surface area contributed by atoms with Crippen LogP contribution in [0.1, 0.15) is 0 Å². The monoisotopic (exact) mass is 236 g/mol. The van der Waals surface area contributed by atoms with Gasteiger partial charge in [0.15, 0.2) is 11.5 Å². The van der Waals surface area contributed by atoms with Crippen LogP contribution in [-0.2, 0) is 11.0 Å². The van der Waals surface area contributed by atoms with Crippen LogP contribution in [0.4, 0.5) is 0 Å². The molecule has 0 bridgehead atoms. The van der Waals surface area contributed by atoms with Crippen LogP contribution in [0, 0.1) is 0 Å². The Morgan fingerprint density at radius 1 is 1.25 bits per heavy atom. The second-order valence-electron chi connectivity index (χ2n) is 3.29. The van der Waals surface area contributed by atoms with Gasteiger partial charge in [0.1, 0.15) is 29.8 Å². The fourth-order valence-corrected chi connectivity index (χ4v) is 2.19. The van der Waals surface area contributed by atoms with Crippen molar-refractivity contribution >= 4 is 22.0 Å². The topological polar surface area (TPSA) is 53.4 Å². The molecule has 82 valence electrons. The van der Waals surface area contributed by atoms with E-state index in [-0.39, 0.29) is 0 Å². The Morgan fingerprint density at radius 2 is 1.94 bits per heavy atom. The first kappa shape index (κ1) is 9.41. The number of imidazole rings is 1. The minimum Gasteiger partial charge on any atom is -0.458 e. The maximum atomic E-state index is 11.4. The zero-order valence-corrected chi connectivity index (χ0v) is 9.23. The van der Waals surface area contributed by atoms with Crippen LogP contribution in [0.15, 0.2) is 31.0 Å². The first-order valence-electron chi connectivity index (χ1n) is 4.59. The highest BCUT2D eigenvalue weighted by Crippen LogP contribution is 2.34. The van der Waals surface area contributed by atoms with Crippen LogP contribution < -0.4 is 9.47 Å². The van der Waals surface area contributed by atoms with E-state index >= 15 is 0 Å². The van der Waals surface area contributed by atoms with Crippen LogP contribution in [0.2, 0.25) is 0 Å². The van der Waals surface area contributed by atoms with Crippen molar-refractivity contribution in [3.8, 4) is 11.5 Å². The average molecular weight is 236 g/mol. The molecule has 1 aliphatic heterocycles. The van der Waals surface area contributed by atoms with Gasteiger partial charge in [0.25, 0.3) is 0 Å². The van der Waals surface area contributed by atoms with Gasteiger partial charge in [-0.15, -0.1) is 0 Å². The Hall–Kier alpha value is -1.82. The van der Waals surface area contributed by atoms with E-state index in [1.54, 1.807) is 28.7 Å². The third kappa shape index (κ3) is 1.30. The fraction of sp³-hybridized carbons (Fsp3) is 0.100. The van der Waals surface area contributed by atoms with Crippen molar-refractivity contribution in [3.63, 3.8) is 0 Å². The molecule has 1 aliphatic rings. The number of benzene rings is 1. The minimum absolute atomic E-state index is 0.599. The van der Waals surface area contributed by atoms with Crippen LogP contribution in [0.3, 0.4) is 0 Å². The van der Waals surface area contributed by atoms with Crippen molar-refractivity contribution in [3.05, 3.63) is 31.0 Å². The van der Waals surface area contributed by atoms with E-state index in [4.69, 9.17) is 9.47 Å². The number of nitrogens with zero attached hydrogens (tertiary/aromatic N) is 2. The molecule has 0 spiro atoms. The van der Waals surface area contributed by atoms with E-state index in [2.05, 4.69) is 4.98 Å². The van der Waals surface area contributed by atoms with Gasteiger partial charge in [-0.3, -0.25) is 0 Å². The summed E-state index contributed by atoms with van der Waals surface area (Å²) in [5.74, 6) is 1.21. The number of ether oxygens (including phenoxy) is 2. The van der Waals surface area contributed by atoms with E-state index < -0.39 is 11.0 Å². The van der Waals surface area contributed by atoms with Gasteiger partial charge in [-0.25, -0.2) is 13.2 Å². The second kappa shape index (κ2) is 3.34. The summed E-state index contributed by atoms with van der Waals surface area (Å²) in [5.41, 5.74) is 1.49. The Bertz CT molecular complexity index is 618. The van der Waals surface area contributed by atoms with Gasteiger partial charge < -0.3 is 9.47 Å². The number of aromatic nitrogens is 2. The number of fused-ring (bicyclic) bond motifs is 2. The molecule has 1 atom stereocenters. The molecule has 2 heterocycles. The predicted octanol–water partition coefficient (Wildman–Crippen LogP) is 1.42. The molecule has 2 aromatic rings. The number of hydrogen-bond donors (Lipinski definition) is 0. The molecule has 0 N–H and O–H groups in total. The van der Waals surface area contributed by atoms with Gasteiger partial charge in [0.05, 0.1) is 11.0 Å². The molecule has 0 saturated carbocycles. The van der Waals surface area contributed by atoms with E-state index in [1.807, 2.05) is 0 Å². The molecular formula is C10H8N2O3S. The highest BCUT2D eigenvalue weighted by atomic mass is 32.2. The van der Waals surface area contributed by atoms with Crippen molar-refractivity contribution in [2.45, 2.75) is 0 Å². The highest BCUT2D eigenvalue weighted by Gasteiger charge is 2.14. The van der Waals surface area contributed by atoms with Crippen LogP contribution in [0.5, 0.6) is 11.5 Å². The van der Waals surface area contributed by atoms with E-state index in [0.717, 1.165) is 11.0 Å². The van der Waals surface area contributed by atoms with Gasteiger partial charge in [0.2, 0.25) is 0 Å². The van der Waals surface area contributed by atoms with Gasteiger partial charge >= 0.3 is 0 Å². The minimum atomic E-state index is -1.13.